The van der Waals surface area contributed by atoms with Gasteiger partial charge in [0, 0.05) is 35.8 Å². The van der Waals surface area contributed by atoms with Crippen LogP contribution in [0, 0.1) is 10.8 Å². The predicted octanol–water partition coefficient (Wildman–Crippen LogP) is 9.57. The van der Waals surface area contributed by atoms with Crippen LogP contribution in [0.25, 0.3) is 12.2 Å². The molecule has 4 rings (SSSR count). The topological polar surface area (TPSA) is 126 Å². The number of hydrogen-bond donors (Lipinski definition) is 0. The van der Waals surface area contributed by atoms with E-state index < -0.39 is 24.1 Å². The van der Waals surface area contributed by atoms with Crippen molar-refractivity contribution in [3.63, 3.8) is 0 Å². The highest BCUT2D eigenvalue weighted by Gasteiger charge is 2.36. The fourth-order valence-electron chi connectivity index (χ4n) is 5.31. The number of oxazole rings is 2. The lowest BCUT2D eigenvalue weighted by Gasteiger charge is -2.32. The summed E-state index contributed by atoms with van der Waals surface area (Å²) in [6.07, 6.45) is 33.5. The van der Waals surface area contributed by atoms with Crippen molar-refractivity contribution in [2.45, 2.75) is 105 Å². The number of cyclic esters (lactones) is 2. The summed E-state index contributed by atoms with van der Waals surface area (Å²) >= 11 is 0. The van der Waals surface area contributed by atoms with Gasteiger partial charge in [-0.1, -0.05) is 94.5 Å². The Hall–Kier alpha value is -4.96. The molecule has 5 atom stereocenters. The maximum absolute atomic E-state index is 13.2. The Bertz CT molecular complexity index is 1710. The SMILES string of the molecule is C/C=C/CC(C)(C)[C@@H]1C/C=C\O[C@@H](C)/C=C/C=C\c2nc(co2)C(=O)O[C@H](C(C)(C)C/C=C/C)C/C=C\[C@H]2O[C@H]2/C=C/C=C\c2nc(co2)C(=O)O1. The van der Waals surface area contributed by atoms with Crippen LogP contribution in [0.4, 0.5) is 0 Å². The van der Waals surface area contributed by atoms with Crippen LogP contribution in [0.5, 0.6) is 0 Å². The van der Waals surface area contributed by atoms with Gasteiger partial charge in [-0.05, 0) is 45.8 Å². The molecule has 0 amide bonds. The Morgan fingerprint density at radius 3 is 1.75 bits per heavy atom. The van der Waals surface area contributed by atoms with E-state index >= 15 is 0 Å². The number of carbonyl (C=O) groups excluding carboxylic acids is 2. The molecule has 2 aromatic heterocycles. The third-order valence-corrected chi connectivity index (χ3v) is 8.82. The highest BCUT2D eigenvalue weighted by Crippen LogP contribution is 2.33. The Labute approximate surface area is 307 Å². The number of aromatic nitrogens is 2. The highest BCUT2D eigenvalue weighted by atomic mass is 16.6. The lowest BCUT2D eigenvalue weighted by atomic mass is 9.81. The summed E-state index contributed by atoms with van der Waals surface area (Å²) in [5.41, 5.74) is -0.510. The molecular weight excluding hydrogens is 660 g/mol. The largest absolute Gasteiger partial charge is 0.495 e. The quantitative estimate of drug-likeness (QED) is 0.162. The van der Waals surface area contributed by atoms with E-state index in [9.17, 15) is 9.59 Å². The minimum Gasteiger partial charge on any atom is -0.495 e. The van der Waals surface area contributed by atoms with Gasteiger partial charge in [-0.15, -0.1) is 0 Å². The highest BCUT2D eigenvalue weighted by molar-refractivity contribution is 5.87. The third kappa shape index (κ3) is 12.4. The van der Waals surface area contributed by atoms with Crippen molar-refractivity contribution in [3.05, 3.63) is 121 Å². The van der Waals surface area contributed by atoms with Crippen LogP contribution in [0.2, 0.25) is 0 Å². The smallest absolute Gasteiger partial charge is 0.360 e. The minimum atomic E-state index is -0.559. The van der Waals surface area contributed by atoms with Gasteiger partial charge >= 0.3 is 11.9 Å². The molecule has 10 heteroatoms. The van der Waals surface area contributed by atoms with Gasteiger partial charge in [0.25, 0.3) is 0 Å². The van der Waals surface area contributed by atoms with Crippen molar-refractivity contribution in [2.24, 2.45) is 10.8 Å². The Morgan fingerprint density at radius 1 is 0.712 bits per heavy atom. The van der Waals surface area contributed by atoms with Gasteiger partial charge in [-0.25, -0.2) is 19.6 Å². The second-order valence-corrected chi connectivity index (χ2v) is 14.1. The molecule has 0 spiro atoms. The maximum Gasteiger partial charge on any atom is 0.360 e. The van der Waals surface area contributed by atoms with Gasteiger partial charge in [0.2, 0.25) is 11.8 Å². The number of carbonyl (C=O) groups is 2. The van der Waals surface area contributed by atoms with E-state index in [1.807, 2.05) is 75.5 Å². The summed E-state index contributed by atoms with van der Waals surface area (Å²) in [6.45, 7) is 14.1. The molecule has 2 aliphatic heterocycles. The molecule has 10 nitrogen and oxygen atoms in total. The summed E-state index contributed by atoms with van der Waals surface area (Å²) in [6, 6.07) is 0. The van der Waals surface area contributed by atoms with Gasteiger partial charge in [-0.3, -0.25) is 0 Å². The van der Waals surface area contributed by atoms with E-state index in [2.05, 4.69) is 49.8 Å². The van der Waals surface area contributed by atoms with E-state index in [0.717, 1.165) is 6.42 Å². The fraction of sp³-hybridized carbons (Fsp3) is 0.429. The summed E-state index contributed by atoms with van der Waals surface area (Å²) in [4.78, 5) is 35.0. The molecule has 0 unspecified atom stereocenters. The van der Waals surface area contributed by atoms with Crippen LogP contribution in [0.3, 0.4) is 0 Å². The molecule has 1 saturated heterocycles. The van der Waals surface area contributed by atoms with Crippen molar-refractivity contribution in [1.29, 1.82) is 0 Å². The number of rotatable bonds is 6. The van der Waals surface area contributed by atoms with E-state index in [0.29, 0.717) is 19.3 Å². The molecule has 0 saturated carbocycles. The number of ether oxygens (including phenoxy) is 4. The zero-order chi connectivity index (χ0) is 37.6. The number of hydrogen-bond acceptors (Lipinski definition) is 10. The van der Waals surface area contributed by atoms with E-state index in [4.69, 9.17) is 27.8 Å². The van der Waals surface area contributed by atoms with E-state index in [1.54, 1.807) is 30.6 Å². The van der Waals surface area contributed by atoms with Gasteiger partial charge in [0.05, 0.1) is 6.26 Å². The molecule has 0 aliphatic carbocycles. The van der Waals surface area contributed by atoms with Crippen LogP contribution in [-0.4, -0.2) is 52.4 Å². The number of fused-ring (bicyclic) bond motifs is 5. The molecule has 52 heavy (non-hydrogen) atoms. The van der Waals surface area contributed by atoms with Gasteiger partial charge < -0.3 is 27.8 Å². The molecule has 278 valence electrons. The zero-order valence-electron chi connectivity index (χ0n) is 31.3. The fourth-order valence-corrected chi connectivity index (χ4v) is 5.31. The molecule has 0 N–H and O–H groups in total. The number of esters is 2. The standard InChI is InChI=1S/C42H52N2O8/c1-8-10-25-41(4,5)35-21-16-20-34-33(50-34)19-13-15-24-38-44-32(29-49-38)40(46)52-36(42(6,7)26-11-9-2)22-17-27-47-30(3)18-12-14-23-37-43-31(28-48-37)39(45)51-35/h8-20,23-24,27-30,33-36H,21-22,25-26H2,1-7H3/b10-8+,11-9+,18-12+,19-13+,20-16-,23-14-,24-15-,27-17-/t30-,33-,34+,35-,36-/m0/s1. The monoisotopic (exact) mass is 712 g/mol. The van der Waals surface area contributed by atoms with Gasteiger partial charge in [0.1, 0.15) is 43.0 Å². The Morgan fingerprint density at radius 2 is 1.21 bits per heavy atom. The van der Waals surface area contributed by atoms with Crippen molar-refractivity contribution in [3.8, 4) is 0 Å². The zero-order valence-corrected chi connectivity index (χ0v) is 31.3. The average Bonchev–Trinajstić information content (AvgIpc) is 3.43. The second kappa shape index (κ2) is 19.0. The minimum absolute atomic E-state index is 0.0866. The number of allylic oxidation sites excluding steroid dienone is 8. The van der Waals surface area contributed by atoms with Crippen LogP contribution in [-0.2, 0) is 18.9 Å². The molecule has 2 aliphatic rings. The Kier molecular flexibility index (Phi) is 14.6. The summed E-state index contributed by atoms with van der Waals surface area (Å²) in [5.74, 6) is -0.551. The van der Waals surface area contributed by atoms with Gasteiger partial charge in [0.15, 0.2) is 11.4 Å². The normalized spacial score (nSPS) is 27.8. The maximum atomic E-state index is 13.2. The van der Waals surface area contributed by atoms with Crippen molar-refractivity contribution >= 4 is 24.1 Å². The second-order valence-electron chi connectivity index (χ2n) is 14.1. The Balaban J connectivity index is 1.53. The van der Waals surface area contributed by atoms with Crippen LogP contribution < -0.4 is 0 Å². The molecular formula is C42H52N2O8. The van der Waals surface area contributed by atoms with Crippen LogP contribution in [0.15, 0.2) is 107 Å². The molecule has 4 heterocycles. The van der Waals surface area contributed by atoms with Gasteiger partial charge in [-0.2, -0.15) is 0 Å². The first-order valence-electron chi connectivity index (χ1n) is 17.8. The van der Waals surface area contributed by atoms with Crippen LogP contribution in [0.1, 0.15) is 107 Å². The first kappa shape index (κ1) is 39.8. The molecule has 4 bridgehead atoms. The molecule has 0 aromatic carbocycles. The third-order valence-electron chi connectivity index (χ3n) is 8.82. The van der Waals surface area contributed by atoms with E-state index in [1.165, 1.54) is 12.5 Å². The summed E-state index contributed by atoms with van der Waals surface area (Å²) < 4.78 is 34.6. The lowest BCUT2D eigenvalue weighted by Crippen LogP contribution is -2.33. The summed E-state index contributed by atoms with van der Waals surface area (Å²) in [7, 11) is 0. The van der Waals surface area contributed by atoms with E-state index in [-0.39, 0.29) is 52.3 Å². The molecule has 1 fully saturated rings. The number of epoxide rings is 1. The molecule has 2 aromatic rings. The number of nitrogens with zero attached hydrogens (tertiary/aromatic N) is 2. The summed E-state index contributed by atoms with van der Waals surface area (Å²) in [5, 5.41) is 0. The predicted molar refractivity (Wildman–Crippen MR) is 201 cm³/mol. The first-order chi connectivity index (χ1) is 24.9. The first-order valence-corrected chi connectivity index (χ1v) is 17.8. The average molecular weight is 713 g/mol. The van der Waals surface area contributed by atoms with Crippen molar-refractivity contribution < 1.29 is 37.4 Å². The molecule has 0 radical (unpaired) electrons. The van der Waals surface area contributed by atoms with Crippen molar-refractivity contribution in [1.82, 2.24) is 9.97 Å². The lowest BCUT2D eigenvalue weighted by molar-refractivity contribution is -0.00702. The van der Waals surface area contributed by atoms with Crippen molar-refractivity contribution in [2.75, 3.05) is 0 Å². The van der Waals surface area contributed by atoms with Crippen LogP contribution >= 0.6 is 0 Å².